The Balaban J connectivity index is 1.96. The molecule has 9 heteroatoms. The lowest BCUT2D eigenvalue weighted by Crippen LogP contribution is -2.19. The van der Waals surface area contributed by atoms with Gasteiger partial charge in [0.15, 0.2) is 17.3 Å². The molecule has 4 aromatic rings. The lowest BCUT2D eigenvalue weighted by molar-refractivity contribution is 0.0602. The van der Waals surface area contributed by atoms with Crippen LogP contribution < -0.4 is 5.56 Å². The van der Waals surface area contributed by atoms with Crippen molar-refractivity contribution in [3.8, 4) is 5.69 Å². The van der Waals surface area contributed by atoms with Gasteiger partial charge in [0.25, 0.3) is 5.56 Å². The average molecular weight is 356 g/mol. The molecular formula is C17H10F2N4O3. The Morgan fingerprint density at radius 2 is 1.96 bits per heavy atom. The van der Waals surface area contributed by atoms with E-state index >= 15 is 0 Å². The molecule has 0 aliphatic heterocycles. The fourth-order valence-electron chi connectivity index (χ4n) is 2.71. The Hall–Kier alpha value is -3.62. The molecule has 0 spiro atoms. The number of nitrogens with zero attached hydrogens (tertiary/aromatic N) is 4. The third-order valence-electron chi connectivity index (χ3n) is 3.98. The first kappa shape index (κ1) is 15.9. The maximum absolute atomic E-state index is 13.5. The van der Waals surface area contributed by atoms with Crippen molar-refractivity contribution >= 4 is 22.5 Å². The highest BCUT2D eigenvalue weighted by Gasteiger charge is 2.17. The number of methoxy groups -OCH3 is 1. The number of ether oxygens (including phenoxy) is 1. The first-order valence-electron chi connectivity index (χ1n) is 7.43. The summed E-state index contributed by atoms with van der Waals surface area (Å²) in [5, 5.41) is 4.28. The molecular weight excluding hydrogens is 346 g/mol. The molecule has 0 saturated heterocycles. The number of carbonyl (C=O) groups excluding carboxylic acids is 1. The van der Waals surface area contributed by atoms with Gasteiger partial charge in [-0.2, -0.15) is 5.10 Å². The Morgan fingerprint density at radius 3 is 2.69 bits per heavy atom. The summed E-state index contributed by atoms with van der Waals surface area (Å²) in [6, 6.07) is 4.73. The molecule has 7 nitrogen and oxygen atoms in total. The summed E-state index contributed by atoms with van der Waals surface area (Å²) >= 11 is 0. The van der Waals surface area contributed by atoms with E-state index in [4.69, 9.17) is 0 Å². The van der Waals surface area contributed by atoms with E-state index in [1.54, 1.807) is 6.07 Å². The zero-order valence-corrected chi connectivity index (χ0v) is 13.3. The van der Waals surface area contributed by atoms with Crippen molar-refractivity contribution in [3.05, 3.63) is 70.4 Å². The first-order valence-corrected chi connectivity index (χ1v) is 7.43. The van der Waals surface area contributed by atoms with Gasteiger partial charge in [0.2, 0.25) is 0 Å². The third-order valence-corrected chi connectivity index (χ3v) is 3.98. The lowest BCUT2D eigenvalue weighted by Gasteiger charge is -2.08. The smallest absolute Gasteiger partial charge is 0.343 e. The summed E-state index contributed by atoms with van der Waals surface area (Å²) in [5.74, 6) is -2.65. The summed E-state index contributed by atoms with van der Waals surface area (Å²) in [4.78, 5) is 28.6. The molecule has 26 heavy (non-hydrogen) atoms. The van der Waals surface area contributed by atoms with Crippen LogP contribution in [0.5, 0.6) is 0 Å². The van der Waals surface area contributed by atoms with Crippen LogP contribution >= 0.6 is 0 Å². The van der Waals surface area contributed by atoms with Gasteiger partial charge in [0, 0.05) is 18.5 Å². The second-order valence-corrected chi connectivity index (χ2v) is 5.43. The molecule has 0 fully saturated rings. The molecule has 1 aromatic carbocycles. The van der Waals surface area contributed by atoms with Crippen molar-refractivity contribution in [3.63, 3.8) is 0 Å². The molecule has 0 radical (unpaired) electrons. The number of aromatic nitrogens is 4. The maximum atomic E-state index is 13.5. The van der Waals surface area contributed by atoms with Crippen molar-refractivity contribution in [1.29, 1.82) is 0 Å². The summed E-state index contributed by atoms with van der Waals surface area (Å²) in [5.41, 5.74) is 0.507. The van der Waals surface area contributed by atoms with E-state index < -0.39 is 23.2 Å². The van der Waals surface area contributed by atoms with Crippen molar-refractivity contribution < 1.29 is 18.3 Å². The highest BCUT2D eigenvalue weighted by atomic mass is 19.2. The molecule has 3 aromatic heterocycles. The molecule has 0 aliphatic carbocycles. The van der Waals surface area contributed by atoms with Gasteiger partial charge in [0.05, 0.1) is 29.9 Å². The number of esters is 1. The van der Waals surface area contributed by atoms with Gasteiger partial charge in [-0.05, 0) is 18.2 Å². The molecule has 0 saturated carbocycles. The van der Waals surface area contributed by atoms with Crippen LogP contribution in [0.15, 0.2) is 47.7 Å². The summed E-state index contributed by atoms with van der Waals surface area (Å²) in [6.07, 6.45) is 4.02. The number of rotatable bonds is 2. The van der Waals surface area contributed by atoms with E-state index in [9.17, 15) is 18.4 Å². The van der Waals surface area contributed by atoms with E-state index in [-0.39, 0.29) is 22.3 Å². The summed E-state index contributed by atoms with van der Waals surface area (Å²) < 4.78 is 33.8. The Bertz CT molecular complexity index is 1250. The Kier molecular flexibility index (Phi) is 3.50. The fraction of sp³-hybridized carbons (Fsp3) is 0.0588. The topological polar surface area (TPSA) is 78.5 Å². The number of benzene rings is 1. The van der Waals surface area contributed by atoms with Crippen molar-refractivity contribution in [2.24, 2.45) is 0 Å². The number of fused-ring (bicyclic) bond motifs is 3. The van der Waals surface area contributed by atoms with Gasteiger partial charge in [-0.25, -0.2) is 23.1 Å². The SMILES string of the molecule is COC(=O)c1cnn2c1ncc1c(=O)n(-c3ccc(F)c(F)c3)ccc12. The summed E-state index contributed by atoms with van der Waals surface area (Å²) in [6.45, 7) is 0. The van der Waals surface area contributed by atoms with Crippen LogP contribution in [-0.4, -0.2) is 32.2 Å². The van der Waals surface area contributed by atoms with Gasteiger partial charge >= 0.3 is 5.97 Å². The molecule has 3 heterocycles. The Morgan fingerprint density at radius 1 is 1.15 bits per heavy atom. The van der Waals surface area contributed by atoms with E-state index in [2.05, 4.69) is 14.8 Å². The first-order chi connectivity index (χ1) is 12.5. The van der Waals surface area contributed by atoms with Gasteiger partial charge in [-0.1, -0.05) is 0 Å². The normalized spacial score (nSPS) is 11.2. The van der Waals surface area contributed by atoms with E-state index in [0.717, 1.165) is 12.1 Å². The van der Waals surface area contributed by atoms with E-state index in [1.807, 2.05) is 0 Å². The molecule has 0 aliphatic rings. The number of carbonyl (C=O) groups is 1. The molecule has 0 atom stereocenters. The zero-order valence-electron chi connectivity index (χ0n) is 13.3. The largest absolute Gasteiger partial charge is 0.465 e. The van der Waals surface area contributed by atoms with Crippen molar-refractivity contribution in [1.82, 2.24) is 19.2 Å². The average Bonchev–Trinajstić information content (AvgIpc) is 3.08. The number of pyridine rings is 1. The Labute approximate surface area is 144 Å². The predicted molar refractivity (Wildman–Crippen MR) is 87.3 cm³/mol. The van der Waals surface area contributed by atoms with Gasteiger partial charge in [-0.3, -0.25) is 9.36 Å². The highest BCUT2D eigenvalue weighted by Crippen LogP contribution is 2.17. The molecule has 0 N–H and O–H groups in total. The number of halogens is 2. The monoisotopic (exact) mass is 356 g/mol. The molecule has 0 amide bonds. The van der Waals surface area contributed by atoms with Crippen LogP contribution in [0.1, 0.15) is 10.4 Å². The van der Waals surface area contributed by atoms with E-state index in [1.165, 1.54) is 40.8 Å². The van der Waals surface area contributed by atoms with Crippen LogP contribution in [0.25, 0.3) is 22.2 Å². The lowest BCUT2D eigenvalue weighted by atomic mass is 10.2. The third kappa shape index (κ3) is 2.25. The quantitative estimate of drug-likeness (QED) is 0.514. The standard InChI is InChI=1S/C17H10F2N4O3/c1-26-17(25)11-8-21-23-14-4-5-22(9-2-3-12(18)13(19)6-9)16(24)10(14)7-20-15(11)23/h2-8H,1H3. The van der Waals surface area contributed by atoms with Gasteiger partial charge < -0.3 is 4.74 Å². The fourth-order valence-corrected chi connectivity index (χ4v) is 2.71. The maximum Gasteiger partial charge on any atom is 0.343 e. The minimum atomic E-state index is -1.06. The van der Waals surface area contributed by atoms with Crippen LogP contribution in [0.4, 0.5) is 8.78 Å². The molecule has 0 unspecified atom stereocenters. The second kappa shape index (κ2) is 5.73. The van der Waals surface area contributed by atoms with Crippen molar-refractivity contribution in [2.75, 3.05) is 7.11 Å². The van der Waals surface area contributed by atoms with Crippen LogP contribution in [0, 0.1) is 11.6 Å². The number of hydrogen-bond acceptors (Lipinski definition) is 5. The predicted octanol–water partition coefficient (Wildman–Crippen LogP) is 2.10. The highest BCUT2D eigenvalue weighted by molar-refractivity contribution is 5.96. The van der Waals surface area contributed by atoms with Crippen LogP contribution in [0.3, 0.4) is 0 Å². The minimum absolute atomic E-state index is 0.166. The number of hydrogen-bond donors (Lipinski definition) is 0. The van der Waals surface area contributed by atoms with Crippen LogP contribution in [-0.2, 0) is 4.74 Å². The van der Waals surface area contributed by atoms with Gasteiger partial charge in [-0.15, -0.1) is 0 Å². The van der Waals surface area contributed by atoms with Crippen molar-refractivity contribution in [2.45, 2.75) is 0 Å². The van der Waals surface area contributed by atoms with Gasteiger partial charge in [0.1, 0.15) is 5.56 Å². The van der Waals surface area contributed by atoms with E-state index in [0.29, 0.717) is 5.52 Å². The minimum Gasteiger partial charge on any atom is -0.465 e. The molecule has 4 rings (SSSR count). The zero-order chi connectivity index (χ0) is 18.4. The second-order valence-electron chi connectivity index (χ2n) is 5.43. The molecule has 0 bridgehead atoms. The van der Waals surface area contributed by atoms with Crippen LogP contribution in [0.2, 0.25) is 0 Å². The molecule has 130 valence electrons. The summed E-state index contributed by atoms with van der Waals surface area (Å²) in [7, 11) is 1.24.